The first-order valence-electron chi connectivity index (χ1n) is 8.96. The number of hydrogen-bond donors (Lipinski definition) is 1. The molecular weight excluding hydrogens is 344 g/mol. The predicted octanol–water partition coefficient (Wildman–Crippen LogP) is 3.67. The van der Waals surface area contributed by atoms with E-state index in [1.54, 1.807) is 16.7 Å². The van der Waals surface area contributed by atoms with E-state index in [1.165, 1.54) is 5.56 Å². The molecule has 134 valence electrons. The van der Waals surface area contributed by atoms with E-state index in [0.29, 0.717) is 12.2 Å². The summed E-state index contributed by atoms with van der Waals surface area (Å²) in [6.07, 6.45) is 2.12. The molecule has 1 N–H and O–H groups in total. The maximum absolute atomic E-state index is 12.9. The van der Waals surface area contributed by atoms with Gasteiger partial charge in [-0.1, -0.05) is 48.5 Å². The number of nitrogens with zero attached hydrogens (tertiary/aromatic N) is 1. The van der Waals surface area contributed by atoms with Gasteiger partial charge >= 0.3 is 0 Å². The van der Waals surface area contributed by atoms with Gasteiger partial charge in [0.25, 0.3) is 0 Å². The highest BCUT2D eigenvalue weighted by Gasteiger charge is 2.52. The van der Waals surface area contributed by atoms with Gasteiger partial charge in [0.15, 0.2) is 0 Å². The first kappa shape index (κ1) is 17.2. The number of thioether (sulfide) groups is 1. The van der Waals surface area contributed by atoms with Gasteiger partial charge in [-0.15, -0.1) is 11.8 Å². The molecule has 2 aliphatic rings. The van der Waals surface area contributed by atoms with Gasteiger partial charge in [0, 0.05) is 17.9 Å². The minimum Gasteiger partial charge on any atom is -0.324 e. The summed E-state index contributed by atoms with van der Waals surface area (Å²) < 4.78 is 0. The molecule has 0 radical (unpaired) electrons. The summed E-state index contributed by atoms with van der Waals surface area (Å²) in [4.78, 5) is 26.8. The van der Waals surface area contributed by atoms with Crippen LogP contribution in [0.15, 0.2) is 54.6 Å². The Morgan fingerprint density at radius 3 is 2.73 bits per heavy atom. The Hall–Kier alpha value is -2.27. The van der Waals surface area contributed by atoms with Crippen LogP contribution in [0.4, 0.5) is 5.69 Å². The second-order valence-corrected chi connectivity index (χ2v) is 8.58. The number of fused-ring (bicyclic) bond motifs is 1. The molecule has 0 unspecified atom stereocenters. The number of nitrogens with one attached hydrogen (secondary N) is 1. The third kappa shape index (κ3) is 3.12. The van der Waals surface area contributed by atoms with Crippen LogP contribution < -0.4 is 5.32 Å². The maximum atomic E-state index is 12.9. The third-order valence-corrected chi connectivity index (χ3v) is 6.77. The first-order valence-corrected chi connectivity index (χ1v) is 9.94. The SMILES string of the molecule is C[C@]12CCC(=O)N1[C@@H](C(=O)Nc1ccccc1Cc1ccccc1)CS2. The zero-order chi connectivity index (χ0) is 18.1. The molecule has 0 spiro atoms. The number of hydrogen-bond acceptors (Lipinski definition) is 3. The lowest BCUT2D eigenvalue weighted by molar-refractivity contribution is -0.135. The van der Waals surface area contributed by atoms with Gasteiger partial charge in [-0.05, 0) is 37.0 Å². The molecule has 2 amide bonds. The lowest BCUT2D eigenvalue weighted by atomic mass is 10.0. The number of carbonyl (C=O) groups excluding carboxylic acids is 2. The minimum absolute atomic E-state index is 0.0861. The van der Waals surface area contributed by atoms with E-state index in [4.69, 9.17) is 0 Å². The van der Waals surface area contributed by atoms with Crippen LogP contribution in [0.2, 0.25) is 0 Å². The molecule has 2 saturated heterocycles. The van der Waals surface area contributed by atoms with Crippen LogP contribution in [-0.4, -0.2) is 33.4 Å². The Bertz CT molecular complexity index is 839. The van der Waals surface area contributed by atoms with Crippen LogP contribution in [0.5, 0.6) is 0 Å². The molecule has 4 nitrogen and oxygen atoms in total. The Balaban J connectivity index is 1.53. The second-order valence-electron chi connectivity index (χ2n) is 7.07. The molecule has 0 aliphatic carbocycles. The molecule has 0 aromatic heterocycles. The molecular formula is C21H22N2O2S. The Morgan fingerprint density at radius 2 is 1.92 bits per heavy atom. The van der Waals surface area contributed by atoms with E-state index in [2.05, 4.69) is 24.4 Å². The average Bonchev–Trinajstić information content (AvgIpc) is 3.14. The molecule has 2 aromatic carbocycles. The van der Waals surface area contributed by atoms with Crippen molar-refractivity contribution in [3.05, 3.63) is 65.7 Å². The van der Waals surface area contributed by atoms with Gasteiger partial charge in [-0.3, -0.25) is 9.59 Å². The normalized spacial score (nSPS) is 24.6. The van der Waals surface area contributed by atoms with Crippen molar-refractivity contribution in [1.82, 2.24) is 4.90 Å². The van der Waals surface area contributed by atoms with E-state index in [0.717, 1.165) is 24.1 Å². The van der Waals surface area contributed by atoms with E-state index in [-0.39, 0.29) is 22.7 Å². The van der Waals surface area contributed by atoms with Crippen LogP contribution >= 0.6 is 11.8 Å². The maximum Gasteiger partial charge on any atom is 0.248 e. The number of carbonyl (C=O) groups is 2. The summed E-state index contributed by atoms with van der Waals surface area (Å²) in [5.41, 5.74) is 3.10. The van der Waals surface area contributed by atoms with Crippen LogP contribution in [0.3, 0.4) is 0 Å². The largest absolute Gasteiger partial charge is 0.324 e. The first-order chi connectivity index (χ1) is 12.6. The summed E-state index contributed by atoms with van der Waals surface area (Å²) in [5, 5.41) is 3.08. The van der Waals surface area contributed by atoms with Crippen molar-refractivity contribution < 1.29 is 9.59 Å². The van der Waals surface area contributed by atoms with E-state index in [9.17, 15) is 9.59 Å². The highest BCUT2D eigenvalue weighted by Crippen LogP contribution is 2.47. The Labute approximate surface area is 158 Å². The lowest BCUT2D eigenvalue weighted by Crippen LogP contribution is -2.48. The highest BCUT2D eigenvalue weighted by atomic mass is 32.2. The molecule has 5 heteroatoms. The van der Waals surface area contributed by atoms with Gasteiger partial charge < -0.3 is 10.2 Å². The summed E-state index contributed by atoms with van der Waals surface area (Å²) in [6.45, 7) is 2.07. The number of rotatable bonds is 4. The molecule has 2 aromatic rings. The summed E-state index contributed by atoms with van der Waals surface area (Å²) >= 11 is 1.72. The van der Waals surface area contributed by atoms with Crippen LogP contribution in [0.25, 0.3) is 0 Å². The van der Waals surface area contributed by atoms with Gasteiger partial charge in [0.1, 0.15) is 6.04 Å². The van der Waals surface area contributed by atoms with Gasteiger partial charge in [0.05, 0.1) is 4.87 Å². The number of anilines is 1. The molecule has 2 fully saturated rings. The lowest BCUT2D eigenvalue weighted by Gasteiger charge is -2.30. The van der Waals surface area contributed by atoms with E-state index < -0.39 is 0 Å². The quantitative estimate of drug-likeness (QED) is 0.898. The van der Waals surface area contributed by atoms with Crippen molar-refractivity contribution in [3.8, 4) is 0 Å². The third-order valence-electron chi connectivity index (χ3n) is 5.26. The number of amides is 2. The van der Waals surface area contributed by atoms with Crippen molar-refractivity contribution in [2.75, 3.05) is 11.1 Å². The summed E-state index contributed by atoms with van der Waals surface area (Å²) in [7, 11) is 0. The molecule has 26 heavy (non-hydrogen) atoms. The van der Waals surface area contributed by atoms with Crippen molar-refractivity contribution in [2.45, 2.75) is 37.1 Å². The molecule has 2 atom stereocenters. The summed E-state index contributed by atoms with van der Waals surface area (Å²) in [5.74, 6) is 0.668. The van der Waals surface area contributed by atoms with E-state index in [1.807, 2.05) is 42.5 Å². The van der Waals surface area contributed by atoms with Crippen LogP contribution in [-0.2, 0) is 16.0 Å². The topological polar surface area (TPSA) is 49.4 Å². The van der Waals surface area contributed by atoms with Crippen LogP contribution in [0, 0.1) is 0 Å². The van der Waals surface area contributed by atoms with Gasteiger partial charge in [-0.25, -0.2) is 0 Å². The predicted molar refractivity (Wildman–Crippen MR) is 105 cm³/mol. The minimum atomic E-state index is -0.384. The Kier molecular flexibility index (Phi) is 4.49. The number of para-hydroxylation sites is 1. The molecule has 2 heterocycles. The zero-order valence-corrected chi connectivity index (χ0v) is 15.6. The number of benzene rings is 2. The standard InChI is InChI=1S/C21H22N2O2S/c1-21-12-11-19(24)23(21)18(14-26-21)20(25)22-17-10-6-5-9-16(17)13-15-7-3-2-4-8-15/h2-10,18H,11-14H2,1H3,(H,22,25)/t18-,21+/m1/s1. The fourth-order valence-electron chi connectivity index (χ4n) is 3.84. The van der Waals surface area contributed by atoms with E-state index >= 15 is 0 Å². The van der Waals surface area contributed by atoms with Crippen molar-refractivity contribution in [2.24, 2.45) is 0 Å². The monoisotopic (exact) mass is 366 g/mol. The van der Waals surface area contributed by atoms with Crippen molar-refractivity contribution in [1.29, 1.82) is 0 Å². The average molecular weight is 366 g/mol. The Morgan fingerprint density at radius 1 is 1.19 bits per heavy atom. The van der Waals surface area contributed by atoms with Gasteiger partial charge in [0.2, 0.25) is 11.8 Å². The smallest absolute Gasteiger partial charge is 0.248 e. The van der Waals surface area contributed by atoms with Crippen LogP contribution in [0.1, 0.15) is 30.9 Å². The fourth-order valence-corrected chi connectivity index (χ4v) is 5.27. The highest BCUT2D eigenvalue weighted by molar-refractivity contribution is 8.01. The molecule has 4 rings (SSSR count). The fraction of sp³-hybridized carbons (Fsp3) is 0.333. The van der Waals surface area contributed by atoms with Crippen molar-refractivity contribution >= 4 is 29.3 Å². The van der Waals surface area contributed by atoms with Crippen molar-refractivity contribution in [3.63, 3.8) is 0 Å². The second kappa shape index (κ2) is 6.80. The van der Waals surface area contributed by atoms with Gasteiger partial charge in [-0.2, -0.15) is 0 Å². The zero-order valence-electron chi connectivity index (χ0n) is 14.8. The molecule has 2 aliphatic heterocycles. The summed E-state index contributed by atoms with van der Waals surface area (Å²) in [6, 6.07) is 17.7. The molecule has 0 bridgehead atoms. The molecule has 0 saturated carbocycles.